The van der Waals surface area contributed by atoms with Crippen molar-refractivity contribution in [3.8, 4) is 11.5 Å². The molecular weight excluding hydrogens is 527 g/mol. The van der Waals surface area contributed by atoms with E-state index in [1.54, 1.807) is 19.4 Å². The van der Waals surface area contributed by atoms with Crippen LogP contribution in [0.2, 0.25) is 0 Å². The average molecular weight is 569 g/mol. The van der Waals surface area contributed by atoms with E-state index in [1.165, 1.54) is 57.8 Å². The van der Waals surface area contributed by atoms with Crippen LogP contribution in [0.5, 0.6) is 11.5 Å². The number of benzene rings is 1. The van der Waals surface area contributed by atoms with Crippen molar-refractivity contribution in [2.24, 2.45) is 7.05 Å². The molecule has 0 aliphatic carbocycles. The highest BCUT2D eigenvalue weighted by atomic mass is 127. The first kappa shape index (κ1) is 29.2. The number of halogens is 1. The minimum Gasteiger partial charge on any atom is -1.00 e. The molecule has 0 atom stereocenters. The average Bonchev–Trinajstić information content (AvgIpc) is 2.81. The van der Waals surface area contributed by atoms with E-state index >= 15 is 0 Å². The van der Waals surface area contributed by atoms with Crippen molar-refractivity contribution < 1.29 is 42.8 Å². The number of methoxy groups -OCH3 is 1. The SMILES string of the molecule is CCCCCCCCCCCCOc1ccc(CNC(=O)c2ccc[n+](C)c2)cc1OC.[I-]. The number of aryl methyl sites for hydroxylation is 1. The van der Waals surface area contributed by atoms with Crippen molar-refractivity contribution in [1.82, 2.24) is 5.32 Å². The largest absolute Gasteiger partial charge is 1.00 e. The summed E-state index contributed by atoms with van der Waals surface area (Å²) in [6, 6.07) is 9.50. The first-order valence-electron chi connectivity index (χ1n) is 12.2. The van der Waals surface area contributed by atoms with Gasteiger partial charge < -0.3 is 38.8 Å². The second-order valence-electron chi connectivity index (χ2n) is 8.46. The van der Waals surface area contributed by atoms with Crippen LogP contribution >= 0.6 is 0 Å². The Morgan fingerprint density at radius 2 is 1.61 bits per heavy atom. The van der Waals surface area contributed by atoms with Gasteiger partial charge in [0.15, 0.2) is 23.9 Å². The molecular formula is C27H41IN2O3. The fraction of sp³-hybridized carbons (Fsp3) is 0.556. The molecule has 1 N–H and O–H groups in total. The number of nitrogens with zero attached hydrogens (tertiary/aromatic N) is 1. The van der Waals surface area contributed by atoms with E-state index in [1.807, 2.05) is 42.1 Å². The molecule has 0 bridgehead atoms. The zero-order valence-electron chi connectivity index (χ0n) is 20.6. The second-order valence-corrected chi connectivity index (χ2v) is 8.46. The van der Waals surface area contributed by atoms with Gasteiger partial charge in [-0.15, -0.1) is 0 Å². The Hall–Kier alpha value is -1.83. The van der Waals surface area contributed by atoms with Crippen LogP contribution in [0.15, 0.2) is 42.7 Å². The van der Waals surface area contributed by atoms with Crippen molar-refractivity contribution >= 4 is 5.91 Å². The van der Waals surface area contributed by atoms with Gasteiger partial charge in [0, 0.05) is 12.6 Å². The summed E-state index contributed by atoms with van der Waals surface area (Å²) in [6.45, 7) is 3.40. The van der Waals surface area contributed by atoms with Crippen LogP contribution in [0.4, 0.5) is 0 Å². The van der Waals surface area contributed by atoms with Crippen molar-refractivity contribution in [3.05, 3.63) is 53.9 Å². The number of ether oxygens (including phenoxy) is 2. The van der Waals surface area contributed by atoms with Gasteiger partial charge in [-0.3, -0.25) is 4.79 Å². The van der Waals surface area contributed by atoms with Gasteiger partial charge in [-0.25, -0.2) is 4.57 Å². The maximum Gasteiger partial charge on any atom is 0.257 e. The summed E-state index contributed by atoms with van der Waals surface area (Å²) in [5, 5.41) is 2.96. The van der Waals surface area contributed by atoms with E-state index in [-0.39, 0.29) is 29.9 Å². The maximum atomic E-state index is 12.3. The van der Waals surface area contributed by atoms with E-state index in [9.17, 15) is 4.79 Å². The van der Waals surface area contributed by atoms with Crippen molar-refractivity contribution in [1.29, 1.82) is 0 Å². The van der Waals surface area contributed by atoms with E-state index < -0.39 is 0 Å². The molecule has 2 aromatic rings. The number of rotatable bonds is 16. The summed E-state index contributed by atoms with van der Waals surface area (Å²) in [7, 11) is 3.55. The Morgan fingerprint density at radius 3 is 2.24 bits per heavy atom. The number of pyridine rings is 1. The van der Waals surface area contributed by atoms with E-state index in [0.717, 1.165) is 17.7 Å². The third kappa shape index (κ3) is 11.7. The lowest BCUT2D eigenvalue weighted by atomic mass is 10.1. The van der Waals surface area contributed by atoms with Crippen LogP contribution in [-0.2, 0) is 13.6 Å². The van der Waals surface area contributed by atoms with E-state index in [2.05, 4.69) is 12.2 Å². The van der Waals surface area contributed by atoms with Gasteiger partial charge in [-0.05, 0) is 30.2 Å². The van der Waals surface area contributed by atoms with Gasteiger partial charge in [0.2, 0.25) is 0 Å². The third-order valence-electron chi connectivity index (χ3n) is 5.64. The fourth-order valence-electron chi connectivity index (χ4n) is 3.72. The van der Waals surface area contributed by atoms with Gasteiger partial charge in [0.25, 0.3) is 5.91 Å². The first-order valence-corrected chi connectivity index (χ1v) is 12.2. The highest BCUT2D eigenvalue weighted by Crippen LogP contribution is 2.28. The number of carbonyl (C=O) groups excluding carboxylic acids is 1. The van der Waals surface area contributed by atoms with Crippen LogP contribution in [0, 0.1) is 0 Å². The summed E-state index contributed by atoms with van der Waals surface area (Å²) in [6.07, 6.45) is 16.8. The summed E-state index contributed by atoms with van der Waals surface area (Å²) >= 11 is 0. The van der Waals surface area contributed by atoms with Crippen molar-refractivity contribution in [2.45, 2.75) is 77.7 Å². The minimum absolute atomic E-state index is 0. The van der Waals surface area contributed by atoms with E-state index in [4.69, 9.17) is 9.47 Å². The highest BCUT2D eigenvalue weighted by Gasteiger charge is 2.10. The summed E-state index contributed by atoms with van der Waals surface area (Å²) < 4.78 is 13.3. The monoisotopic (exact) mass is 568 g/mol. The number of unbranched alkanes of at least 4 members (excludes halogenated alkanes) is 9. The van der Waals surface area contributed by atoms with Gasteiger partial charge >= 0.3 is 0 Å². The molecule has 184 valence electrons. The summed E-state index contributed by atoms with van der Waals surface area (Å²) in [5.41, 5.74) is 1.61. The Labute approximate surface area is 217 Å². The van der Waals surface area contributed by atoms with Gasteiger partial charge in [-0.2, -0.15) is 0 Å². The molecule has 0 saturated carbocycles. The predicted molar refractivity (Wildman–Crippen MR) is 129 cm³/mol. The fourth-order valence-corrected chi connectivity index (χ4v) is 3.72. The molecule has 1 aromatic carbocycles. The van der Waals surface area contributed by atoms with Crippen LogP contribution in [0.1, 0.15) is 87.1 Å². The molecule has 0 spiro atoms. The van der Waals surface area contributed by atoms with Crippen LogP contribution < -0.4 is 43.3 Å². The van der Waals surface area contributed by atoms with Gasteiger partial charge in [0.05, 0.1) is 13.7 Å². The van der Waals surface area contributed by atoms with Crippen LogP contribution in [0.25, 0.3) is 0 Å². The zero-order chi connectivity index (χ0) is 23.0. The molecule has 1 heterocycles. The molecule has 0 aliphatic heterocycles. The minimum atomic E-state index is -0.0959. The number of hydrogen-bond donors (Lipinski definition) is 1. The van der Waals surface area contributed by atoms with Crippen molar-refractivity contribution in [2.75, 3.05) is 13.7 Å². The lowest BCUT2D eigenvalue weighted by Gasteiger charge is -2.13. The molecule has 5 nitrogen and oxygen atoms in total. The molecule has 1 aromatic heterocycles. The highest BCUT2D eigenvalue weighted by molar-refractivity contribution is 5.93. The number of carbonyl (C=O) groups is 1. The number of hydrogen-bond acceptors (Lipinski definition) is 3. The van der Waals surface area contributed by atoms with Gasteiger partial charge in [-0.1, -0.05) is 70.8 Å². The van der Waals surface area contributed by atoms with Crippen molar-refractivity contribution in [3.63, 3.8) is 0 Å². The molecule has 0 unspecified atom stereocenters. The summed E-state index contributed by atoms with van der Waals surface area (Å²) in [4.78, 5) is 12.3. The molecule has 0 radical (unpaired) electrons. The van der Waals surface area contributed by atoms with Crippen LogP contribution in [0.3, 0.4) is 0 Å². The molecule has 0 aliphatic rings. The molecule has 33 heavy (non-hydrogen) atoms. The molecule has 1 amide bonds. The van der Waals surface area contributed by atoms with Gasteiger partial charge in [0.1, 0.15) is 12.6 Å². The quantitative estimate of drug-likeness (QED) is 0.193. The van der Waals surface area contributed by atoms with E-state index in [0.29, 0.717) is 24.5 Å². The Bertz CT molecular complexity index is 814. The molecule has 2 rings (SSSR count). The normalized spacial score (nSPS) is 10.4. The predicted octanol–water partition coefficient (Wildman–Crippen LogP) is 2.75. The second kappa shape index (κ2) is 17.6. The maximum absolute atomic E-state index is 12.3. The molecule has 0 saturated heterocycles. The topological polar surface area (TPSA) is 51.4 Å². The number of nitrogens with one attached hydrogen (secondary N) is 1. The lowest BCUT2D eigenvalue weighted by Crippen LogP contribution is -3.00. The zero-order valence-corrected chi connectivity index (χ0v) is 22.7. The Kier molecular flexibility index (Phi) is 15.6. The molecule has 0 fully saturated rings. The smallest absolute Gasteiger partial charge is 0.257 e. The number of aromatic nitrogens is 1. The lowest BCUT2D eigenvalue weighted by molar-refractivity contribution is -0.671. The number of amides is 1. The first-order chi connectivity index (χ1) is 15.6. The summed E-state index contributed by atoms with van der Waals surface area (Å²) in [5.74, 6) is 1.37. The molecule has 6 heteroatoms. The Morgan fingerprint density at radius 1 is 0.939 bits per heavy atom. The third-order valence-corrected chi connectivity index (χ3v) is 5.64. The van der Waals surface area contributed by atoms with Crippen LogP contribution in [-0.4, -0.2) is 19.6 Å². The Balaban J connectivity index is 0.00000544. The standard InChI is InChI=1S/C27H40N2O3.HI/c1-4-5-6-7-8-9-10-11-12-13-19-32-25-17-16-23(20-26(25)31-3)21-28-27(30)24-15-14-18-29(2)22-24;/h14-18,20,22H,4-13,19,21H2,1-3H3;1H.